The molecule has 4 nitrogen and oxygen atoms in total. The second kappa shape index (κ2) is 5.70. The fraction of sp³-hybridized carbons (Fsp3) is 0.933. The van der Waals surface area contributed by atoms with Gasteiger partial charge in [0.15, 0.2) is 0 Å². The molecule has 0 bridgehead atoms. The standard InChI is InChI=1S/C15H28N2O2/c1-15(2,3)19-14(18)17-10-13(11-17)16(4)12-8-6-5-7-9-12/h12-13H,5-11H2,1-4H3. The first kappa shape index (κ1) is 14.6. The molecule has 1 aliphatic heterocycles. The number of hydrogen-bond donors (Lipinski definition) is 0. The molecule has 0 aromatic heterocycles. The van der Waals surface area contributed by atoms with E-state index in [0.29, 0.717) is 6.04 Å². The van der Waals surface area contributed by atoms with Gasteiger partial charge in [-0.25, -0.2) is 4.79 Å². The minimum absolute atomic E-state index is 0.166. The molecule has 1 aliphatic carbocycles. The van der Waals surface area contributed by atoms with E-state index < -0.39 is 5.60 Å². The Hall–Kier alpha value is -0.770. The van der Waals surface area contributed by atoms with E-state index in [9.17, 15) is 4.79 Å². The van der Waals surface area contributed by atoms with Crippen molar-refractivity contribution >= 4 is 6.09 Å². The summed E-state index contributed by atoms with van der Waals surface area (Å²) >= 11 is 0. The Balaban J connectivity index is 1.74. The van der Waals surface area contributed by atoms with Crippen molar-refractivity contribution in [3.05, 3.63) is 0 Å². The van der Waals surface area contributed by atoms with Gasteiger partial charge in [-0.15, -0.1) is 0 Å². The van der Waals surface area contributed by atoms with Crippen LogP contribution in [-0.2, 0) is 4.74 Å². The Kier molecular flexibility index (Phi) is 4.39. The van der Waals surface area contributed by atoms with Crippen LogP contribution in [0.2, 0.25) is 0 Å². The molecule has 2 rings (SSSR count). The summed E-state index contributed by atoms with van der Waals surface area (Å²) in [4.78, 5) is 16.2. The number of hydrogen-bond acceptors (Lipinski definition) is 3. The van der Waals surface area contributed by atoms with Crippen LogP contribution in [-0.4, -0.2) is 53.7 Å². The van der Waals surface area contributed by atoms with Gasteiger partial charge in [-0.1, -0.05) is 19.3 Å². The zero-order chi connectivity index (χ0) is 14.0. The molecule has 0 aromatic carbocycles. The minimum Gasteiger partial charge on any atom is -0.444 e. The lowest BCUT2D eigenvalue weighted by Gasteiger charge is -2.47. The molecule has 110 valence electrons. The van der Waals surface area contributed by atoms with E-state index in [2.05, 4.69) is 11.9 Å². The van der Waals surface area contributed by atoms with Gasteiger partial charge >= 0.3 is 6.09 Å². The average molecular weight is 268 g/mol. The molecule has 4 heteroatoms. The van der Waals surface area contributed by atoms with Crippen LogP contribution in [0.5, 0.6) is 0 Å². The number of rotatable bonds is 2. The number of amides is 1. The first-order valence-electron chi connectivity index (χ1n) is 7.57. The minimum atomic E-state index is -0.391. The molecule has 2 fully saturated rings. The lowest BCUT2D eigenvalue weighted by molar-refractivity contribution is -0.0211. The van der Waals surface area contributed by atoms with Gasteiger partial charge in [-0.05, 0) is 40.7 Å². The van der Waals surface area contributed by atoms with Crippen molar-refractivity contribution in [1.82, 2.24) is 9.80 Å². The van der Waals surface area contributed by atoms with Crippen molar-refractivity contribution in [1.29, 1.82) is 0 Å². The fourth-order valence-electron chi connectivity index (χ4n) is 2.97. The summed E-state index contributed by atoms with van der Waals surface area (Å²) in [7, 11) is 2.22. The van der Waals surface area contributed by atoms with Crippen LogP contribution in [0.15, 0.2) is 0 Å². The van der Waals surface area contributed by atoms with Crippen molar-refractivity contribution in [3.8, 4) is 0 Å². The number of nitrogens with zero attached hydrogens (tertiary/aromatic N) is 2. The quantitative estimate of drug-likeness (QED) is 0.772. The van der Waals surface area contributed by atoms with E-state index in [1.807, 2.05) is 25.7 Å². The van der Waals surface area contributed by atoms with Gasteiger partial charge in [0.05, 0.1) is 0 Å². The average Bonchev–Trinajstić information content (AvgIpc) is 2.25. The number of ether oxygens (including phenoxy) is 1. The molecule has 0 aromatic rings. The number of carbonyl (C=O) groups excluding carboxylic acids is 1. The molecule has 0 atom stereocenters. The summed E-state index contributed by atoms with van der Waals surface area (Å²) in [6.07, 6.45) is 6.58. The van der Waals surface area contributed by atoms with Gasteiger partial charge in [0.25, 0.3) is 0 Å². The molecule has 0 N–H and O–H groups in total. The molecule has 2 aliphatic rings. The van der Waals surface area contributed by atoms with E-state index >= 15 is 0 Å². The van der Waals surface area contributed by atoms with Gasteiger partial charge in [0.2, 0.25) is 0 Å². The smallest absolute Gasteiger partial charge is 0.410 e. The van der Waals surface area contributed by atoms with Crippen molar-refractivity contribution in [2.24, 2.45) is 0 Å². The monoisotopic (exact) mass is 268 g/mol. The molecule has 0 radical (unpaired) electrons. The van der Waals surface area contributed by atoms with Crippen molar-refractivity contribution in [3.63, 3.8) is 0 Å². The molecule has 1 heterocycles. The Morgan fingerprint density at radius 3 is 2.21 bits per heavy atom. The van der Waals surface area contributed by atoms with Crippen LogP contribution in [0.1, 0.15) is 52.9 Å². The number of likely N-dealkylation sites (tertiary alicyclic amines) is 1. The summed E-state index contributed by atoms with van der Waals surface area (Å²) in [6, 6.07) is 1.25. The highest BCUT2D eigenvalue weighted by molar-refractivity contribution is 5.69. The summed E-state index contributed by atoms with van der Waals surface area (Å²) in [5.74, 6) is 0. The molecule has 1 saturated heterocycles. The summed E-state index contributed by atoms with van der Waals surface area (Å²) in [6.45, 7) is 7.38. The van der Waals surface area contributed by atoms with Crippen LogP contribution in [0.25, 0.3) is 0 Å². The third kappa shape index (κ3) is 3.85. The summed E-state index contributed by atoms with van der Waals surface area (Å²) in [5, 5.41) is 0. The summed E-state index contributed by atoms with van der Waals surface area (Å²) in [5.41, 5.74) is -0.391. The Morgan fingerprint density at radius 2 is 1.68 bits per heavy atom. The highest BCUT2D eigenvalue weighted by Gasteiger charge is 2.37. The zero-order valence-electron chi connectivity index (χ0n) is 12.8. The molecular formula is C15H28N2O2. The molecular weight excluding hydrogens is 240 g/mol. The van der Waals surface area contributed by atoms with E-state index in [1.54, 1.807) is 0 Å². The predicted molar refractivity (Wildman–Crippen MR) is 76.2 cm³/mol. The largest absolute Gasteiger partial charge is 0.444 e. The van der Waals surface area contributed by atoms with E-state index in [-0.39, 0.29) is 6.09 Å². The highest BCUT2D eigenvalue weighted by atomic mass is 16.6. The lowest BCUT2D eigenvalue weighted by Crippen LogP contribution is -2.62. The Bertz CT molecular complexity index is 313. The molecule has 19 heavy (non-hydrogen) atoms. The van der Waals surface area contributed by atoms with Crippen molar-refractivity contribution in [2.75, 3.05) is 20.1 Å². The maximum atomic E-state index is 11.9. The van der Waals surface area contributed by atoms with Crippen LogP contribution < -0.4 is 0 Å². The molecule has 0 spiro atoms. The van der Waals surface area contributed by atoms with E-state index in [1.165, 1.54) is 32.1 Å². The van der Waals surface area contributed by atoms with E-state index in [4.69, 9.17) is 4.74 Å². The van der Waals surface area contributed by atoms with Crippen LogP contribution in [0, 0.1) is 0 Å². The van der Waals surface area contributed by atoms with Crippen LogP contribution in [0.4, 0.5) is 4.79 Å². The lowest BCUT2D eigenvalue weighted by atomic mass is 9.92. The van der Waals surface area contributed by atoms with Crippen LogP contribution in [0.3, 0.4) is 0 Å². The summed E-state index contributed by atoms with van der Waals surface area (Å²) < 4.78 is 5.38. The third-order valence-corrected chi connectivity index (χ3v) is 4.24. The highest BCUT2D eigenvalue weighted by Crippen LogP contribution is 2.26. The number of likely N-dealkylation sites (N-methyl/N-ethyl adjacent to an activating group) is 1. The Morgan fingerprint density at radius 1 is 1.11 bits per heavy atom. The molecule has 1 amide bonds. The van der Waals surface area contributed by atoms with Gasteiger partial charge < -0.3 is 9.64 Å². The van der Waals surface area contributed by atoms with Gasteiger partial charge in [0.1, 0.15) is 5.60 Å². The Labute approximate surface area is 117 Å². The maximum absolute atomic E-state index is 11.9. The molecule has 0 unspecified atom stereocenters. The predicted octanol–water partition coefficient (Wildman–Crippen LogP) is 2.87. The number of carbonyl (C=O) groups is 1. The maximum Gasteiger partial charge on any atom is 0.410 e. The third-order valence-electron chi connectivity index (χ3n) is 4.24. The van der Waals surface area contributed by atoms with Gasteiger partial charge in [0, 0.05) is 25.2 Å². The van der Waals surface area contributed by atoms with Crippen molar-refractivity contribution in [2.45, 2.75) is 70.6 Å². The topological polar surface area (TPSA) is 32.8 Å². The van der Waals surface area contributed by atoms with Crippen LogP contribution >= 0.6 is 0 Å². The van der Waals surface area contributed by atoms with Gasteiger partial charge in [-0.2, -0.15) is 0 Å². The first-order chi connectivity index (χ1) is 8.87. The second-order valence-electron chi connectivity index (χ2n) is 7.00. The zero-order valence-corrected chi connectivity index (χ0v) is 12.8. The van der Waals surface area contributed by atoms with Gasteiger partial charge in [-0.3, -0.25) is 4.90 Å². The second-order valence-corrected chi connectivity index (χ2v) is 7.00. The molecule has 1 saturated carbocycles. The van der Waals surface area contributed by atoms with E-state index in [0.717, 1.165) is 19.1 Å². The normalized spacial score (nSPS) is 22.5. The first-order valence-corrected chi connectivity index (χ1v) is 7.57. The SMILES string of the molecule is CN(C1CCCCC1)C1CN(C(=O)OC(C)(C)C)C1. The van der Waals surface area contributed by atoms with Crippen molar-refractivity contribution < 1.29 is 9.53 Å². The fourth-order valence-corrected chi connectivity index (χ4v) is 2.97.